The largest absolute Gasteiger partial charge is 0.508 e. The van der Waals surface area contributed by atoms with E-state index in [0.29, 0.717) is 0 Å². The molecule has 3 aromatic rings. The van der Waals surface area contributed by atoms with E-state index in [1.54, 1.807) is 12.1 Å². The summed E-state index contributed by atoms with van der Waals surface area (Å²) in [6.07, 6.45) is 3.84. The second-order valence-corrected chi connectivity index (χ2v) is 6.38. The number of ether oxygens (including phenoxy) is 1. The normalized spacial score (nSPS) is 10.7. The highest BCUT2D eigenvalue weighted by atomic mass is 16.5. The molecule has 2 aromatic carbocycles. The molecule has 0 aliphatic heterocycles. The average Bonchev–Trinajstić information content (AvgIpc) is 2.67. The van der Waals surface area contributed by atoms with Crippen molar-refractivity contribution >= 4 is 0 Å². The number of pyridine rings is 1. The van der Waals surface area contributed by atoms with Crippen LogP contribution in [0.25, 0.3) is 22.3 Å². The standard InChI is InChI=1S/C23H25NO2/c1-4-14-26-20-12-8-18(9-13-20)23-16(3)24-15-22(21(23)5-2)17-6-10-19(25)11-7-17/h6-13,15,25H,4-5,14H2,1-3H3. The van der Waals surface area contributed by atoms with Crippen LogP contribution >= 0.6 is 0 Å². The Bertz CT molecular complexity index is 868. The molecule has 26 heavy (non-hydrogen) atoms. The number of rotatable bonds is 6. The SMILES string of the molecule is CCCOc1ccc(-c2c(C)ncc(-c3ccc(O)cc3)c2CC)cc1. The van der Waals surface area contributed by atoms with Crippen LogP contribution in [0, 0.1) is 6.92 Å². The van der Waals surface area contributed by atoms with E-state index < -0.39 is 0 Å². The molecule has 0 saturated heterocycles. The molecule has 3 rings (SSSR count). The number of aromatic hydroxyl groups is 1. The zero-order valence-electron chi connectivity index (χ0n) is 15.6. The number of aromatic nitrogens is 1. The molecule has 0 unspecified atom stereocenters. The van der Waals surface area contributed by atoms with Crippen LogP contribution in [-0.4, -0.2) is 16.7 Å². The first kappa shape index (κ1) is 18.0. The first-order valence-corrected chi connectivity index (χ1v) is 9.15. The fourth-order valence-electron chi connectivity index (χ4n) is 3.23. The van der Waals surface area contributed by atoms with Crippen LogP contribution in [0.2, 0.25) is 0 Å². The first-order valence-electron chi connectivity index (χ1n) is 9.15. The third kappa shape index (κ3) is 3.72. The number of hydrogen-bond acceptors (Lipinski definition) is 3. The van der Waals surface area contributed by atoms with Gasteiger partial charge in [0, 0.05) is 23.0 Å². The highest BCUT2D eigenvalue weighted by Gasteiger charge is 2.14. The minimum atomic E-state index is 0.273. The van der Waals surface area contributed by atoms with Gasteiger partial charge in [0.2, 0.25) is 0 Å². The Morgan fingerprint density at radius 2 is 1.58 bits per heavy atom. The Kier molecular flexibility index (Phi) is 5.57. The Balaban J connectivity index is 2.06. The third-order valence-corrected chi connectivity index (χ3v) is 4.52. The molecule has 0 aliphatic carbocycles. The van der Waals surface area contributed by atoms with E-state index in [1.165, 1.54) is 11.1 Å². The van der Waals surface area contributed by atoms with E-state index in [0.717, 1.165) is 47.6 Å². The number of nitrogens with zero attached hydrogens (tertiary/aromatic N) is 1. The minimum absolute atomic E-state index is 0.273. The molecule has 0 spiro atoms. The molecule has 0 aliphatic rings. The zero-order valence-corrected chi connectivity index (χ0v) is 15.6. The monoisotopic (exact) mass is 347 g/mol. The van der Waals surface area contributed by atoms with Crippen molar-refractivity contribution in [3.05, 3.63) is 66.0 Å². The fourth-order valence-corrected chi connectivity index (χ4v) is 3.23. The van der Waals surface area contributed by atoms with Crippen molar-refractivity contribution in [2.45, 2.75) is 33.6 Å². The lowest BCUT2D eigenvalue weighted by Crippen LogP contribution is -1.99. The molecular weight excluding hydrogens is 322 g/mol. The smallest absolute Gasteiger partial charge is 0.119 e. The van der Waals surface area contributed by atoms with Crippen molar-refractivity contribution in [1.82, 2.24) is 4.98 Å². The van der Waals surface area contributed by atoms with Crippen LogP contribution in [0.5, 0.6) is 11.5 Å². The Morgan fingerprint density at radius 3 is 2.19 bits per heavy atom. The van der Waals surface area contributed by atoms with Gasteiger partial charge in [-0.2, -0.15) is 0 Å². The van der Waals surface area contributed by atoms with Crippen LogP contribution in [0.1, 0.15) is 31.5 Å². The van der Waals surface area contributed by atoms with Gasteiger partial charge in [-0.25, -0.2) is 0 Å². The Labute approximate surface area is 155 Å². The highest BCUT2D eigenvalue weighted by molar-refractivity contribution is 5.79. The maximum Gasteiger partial charge on any atom is 0.119 e. The predicted molar refractivity (Wildman–Crippen MR) is 107 cm³/mol. The van der Waals surface area contributed by atoms with Crippen LogP contribution in [0.3, 0.4) is 0 Å². The summed E-state index contributed by atoms with van der Waals surface area (Å²) in [6, 6.07) is 15.6. The molecule has 0 fully saturated rings. The summed E-state index contributed by atoms with van der Waals surface area (Å²) >= 11 is 0. The molecule has 0 amide bonds. The summed E-state index contributed by atoms with van der Waals surface area (Å²) in [7, 11) is 0. The van der Waals surface area contributed by atoms with E-state index >= 15 is 0 Å². The van der Waals surface area contributed by atoms with Gasteiger partial charge in [-0.3, -0.25) is 4.98 Å². The van der Waals surface area contributed by atoms with Crippen molar-refractivity contribution in [2.75, 3.05) is 6.61 Å². The van der Waals surface area contributed by atoms with Gasteiger partial charge in [0.05, 0.1) is 6.61 Å². The van der Waals surface area contributed by atoms with Crippen LogP contribution in [0.4, 0.5) is 0 Å². The van der Waals surface area contributed by atoms with Crippen LogP contribution in [-0.2, 0) is 6.42 Å². The van der Waals surface area contributed by atoms with Gasteiger partial charge in [0.1, 0.15) is 11.5 Å². The summed E-state index contributed by atoms with van der Waals surface area (Å²) in [6.45, 7) is 7.06. The van der Waals surface area contributed by atoms with Gasteiger partial charge in [-0.15, -0.1) is 0 Å². The van der Waals surface area contributed by atoms with E-state index in [1.807, 2.05) is 30.5 Å². The van der Waals surface area contributed by atoms with E-state index in [-0.39, 0.29) is 5.75 Å². The zero-order chi connectivity index (χ0) is 18.5. The van der Waals surface area contributed by atoms with Crippen molar-refractivity contribution < 1.29 is 9.84 Å². The minimum Gasteiger partial charge on any atom is -0.508 e. The number of benzene rings is 2. The molecule has 1 heterocycles. The van der Waals surface area contributed by atoms with Crippen LogP contribution in [0.15, 0.2) is 54.7 Å². The number of aryl methyl sites for hydroxylation is 1. The molecule has 0 saturated carbocycles. The number of phenolic OH excluding ortho intramolecular Hbond substituents is 1. The lowest BCUT2D eigenvalue weighted by Gasteiger charge is -2.17. The van der Waals surface area contributed by atoms with Gasteiger partial charge in [-0.05, 0) is 60.7 Å². The second kappa shape index (κ2) is 8.05. The van der Waals surface area contributed by atoms with Gasteiger partial charge < -0.3 is 9.84 Å². The quantitative estimate of drug-likeness (QED) is 0.614. The van der Waals surface area contributed by atoms with E-state index in [4.69, 9.17) is 4.74 Å². The third-order valence-electron chi connectivity index (χ3n) is 4.52. The summed E-state index contributed by atoms with van der Waals surface area (Å²) in [4.78, 5) is 4.64. The molecule has 134 valence electrons. The average molecular weight is 347 g/mol. The van der Waals surface area contributed by atoms with Crippen molar-refractivity contribution in [2.24, 2.45) is 0 Å². The molecule has 0 bridgehead atoms. The molecular formula is C23H25NO2. The first-order chi connectivity index (χ1) is 12.6. The molecule has 1 N–H and O–H groups in total. The topological polar surface area (TPSA) is 42.4 Å². The molecule has 0 atom stereocenters. The fraction of sp³-hybridized carbons (Fsp3) is 0.261. The number of hydrogen-bond donors (Lipinski definition) is 1. The summed E-state index contributed by atoms with van der Waals surface area (Å²) in [5.41, 5.74) is 6.80. The van der Waals surface area contributed by atoms with Gasteiger partial charge >= 0.3 is 0 Å². The molecule has 3 heteroatoms. The maximum absolute atomic E-state index is 9.57. The van der Waals surface area contributed by atoms with Gasteiger partial charge in [-0.1, -0.05) is 38.1 Å². The van der Waals surface area contributed by atoms with Crippen LogP contribution < -0.4 is 4.74 Å². The molecule has 3 nitrogen and oxygen atoms in total. The lowest BCUT2D eigenvalue weighted by molar-refractivity contribution is 0.317. The second-order valence-electron chi connectivity index (χ2n) is 6.38. The summed E-state index contributed by atoms with van der Waals surface area (Å²) in [5, 5.41) is 9.57. The predicted octanol–water partition coefficient (Wildman–Crippen LogP) is 5.78. The number of phenols is 1. The molecule has 1 aromatic heterocycles. The van der Waals surface area contributed by atoms with E-state index in [9.17, 15) is 5.11 Å². The Hall–Kier alpha value is -2.81. The summed E-state index contributed by atoms with van der Waals surface area (Å²) in [5.74, 6) is 1.17. The van der Waals surface area contributed by atoms with Gasteiger partial charge in [0.25, 0.3) is 0 Å². The highest BCUT2D eigenvalue weighted by Crippen LogP contribution is 2.35. The Morgan fingerprint density at radius 1 is 0.923 bits per heavy atom. The lowest BCUT2D eigenvalue weighted by atomic mass is 9.90. The molecule has 0 radical (unpaired) electrons. The van der Waals surface area contributed by atoms with Crippen molar-refractivity contribution in [3.8, 4) is 33.8 Å². The maximum atomic E-state index is 9.57. The van der Waals surface area contributed by atoms with Crippen molar-refractivity contribution in [1.29, 1.82) is 0 Å². The van der Waals surface area contributed by atoms with Crippen molar-refractivity contribution in [3.63, 3.8) is 0 Å². The van der Waals surface area contributed by atoms with Gasteiger partial charge in [0.15, 0.2) is 0 Å². The summed E-state index contributed by atoms with van der Waals surface area (Å²) < 4.78 is 5.70. The van der Waals surface area contributed by atoms with E-state index in [2.05, 4.69) is 37.9 Å².